The number of aliphatic imine (C=N–C) groups is 1. The monoisotopic (exact) mass is 538 g/mol. The molecule has 1 saturated heterocycles. The number of ether oxygens (including phenoxy) is 2. The third kappa shape index (κ3) is 6.75. The number of anilines is 2. The van der Waals surface area contributed by atoms with E-state index in [2.05, 4.69) is 15.6 Å². The van der Waals surface area contributed by atoms with Crippen LogP contribution in [0.3, 0.4) is 0 Å². The average molecular weight is 538 g/mol. The van der Waals surface area contributed by atoms with Gasteiger partial charge >= 0.3 is 0 Å². The van der Waals surface area contributed by atoms with E-state index in [4.69, 9.17) is 9.47 Å². The first-order valence-electron chi connectivity index (χ1n) is 10.3. The zero-order chi connectivity index (χ0) is 21.3. The fourth-order valence-electron chi connectivity index (χ4n) is 3.39. The van der Waals surface area contributed by atoms with Crippen LogP contribution in [-0.4, -0.2) is 39.2 Å². The Bertz CT molecular complexity index is 887. The van der Waals surface area contributed by atoms with Gasteiger partial charge in [-0.25, -0.2) is 0 Å². The summed E-state index contributed by atoms with van der Waals surface area (Å²) in [4.78, 5) is 18.2. The summed E-state index contributed by atoms with van der Waals surface area (Å²) in [5, 5.41) is 6.57. The van der Waals surface area contributed by atoms with Gasteiger partial charge in [0.25, 0.3) is 0 Å². The first-order chi connectivity index (χ1) is 14.6. The van der Waals surface area contributed by atoms with Crippen LogP contribution in [0, 0.1) is 0 Å². The number of rotatable bonds is 7. The van der Waals surface area contributed by atoms with Gasteiger partial charge in [-0.15, -0.1) is 24.0 Å². The third-order valence-corrected chi connectivity index (χ3v) is 4.98. The van der Waals surface area contributed by atoms with Crippen molar-refractivity contribution in [1.82, 2.24) is 5.32 Å². The van der Waals surface area contributed by atoms with Gasteiger partial charge in [-0.2, -0.15) is 0 Å². The van der Waals surface area contributed by atoms with E-state index in [-0.39, 0.29) is 29.9 Å². The Morgan fingerprint density at radius 1 is 1.13 bits per heavy atom. The molecule has 2 N–H and O–H groups in total. The number of carbonyl (C=O) groups is 1. The van der Waals surface area contributed by atoms with Crippen molar-refractivity contribution in [2.75, 3.05) is 37.5 Å². The van der Waals surface area contributed by atoms with Crippen molar-refractivity contribution in [3.63, 3.8) is 0 Å². The smallest absolute Gasteiger partial charge is 0.226 e. The van der Waals surface area contributed by atoms with Gasteiger partial charge in [-0.05, 0) is 49.6 Å². The van der Waals surface area contributed by atoms with E-state index in [1.54, 1.807) is 14.2 Å². The molecule has 0 atom stereocenters. The summed E-state index contributed by atoms with van der Waals surface area (Å²) in [6, 6.07) is 13.8. The third-order valence-electron chi connectivity index (χ3n) is 4.98. The number of benzene rings is 2. The van der Waals surface area contributed by atoms with E-state index in [9.17, 15) is 4.79 Å². The van der Waals surface area contributed by atoms with Gasteiger partial charge in [-0.3, -0.25) is 9.79 Å². The number of nitrogens with zero attached hydrogens (tertiary/aromatic N) is 2. The lowest BCUT2D eigenvalue weighted by molar-refractivity contribution is -0.119. The second kappa shape index (κ2) is 12.4. The Morgan fingerprint density at radius 3 is 2.55 bits per heavy atom. The van der Waals surface area contributed by atoms with Crippen LogP contribution in [0.2, 0.25) is 0 Å². The molecular formula is C23H31IN4O3. The van der Waals surface area contributed by atoms with Crippen molar-refractivity contribution in [1.29, 1.82) is 0 Å². The van der Waals surface area contributed by atoms with E-state index in [0.29, 0.717) is 37.0 Å². The van der Waals surface area contributed by atoms with Crippen LogP contribution >= 0.6 is 24.0 Å². The molecule has 0 unspecified atom stereocenters. The summed E-state index contributed by atoms with van der Waals surface area (Å²) in [5.74, 6) is 2.24. The van der Waals surface area contributed by atoms with Gasteiger partial charge in [0.05, 0.1) is 13.7 Å². The molecule has 8 heteroatoms. The summed E-state index contributed by atoms with van der Waals surface area (Å²) >= 11 is 0. The van der Waals surface area contributed by atoms with E-state index < -0.39 is 0 Å². The number of amides is 1. The summed E-state index contributed by atoms with van der Waals surface area (Å²) in [6.45, 7) is 3.94. The molecule has 0 radical (unpaired) electrons. The fourth-order valence-corrected chi connectivity index (χ4v) is 3.39. The number of piperidine rings is 1. The van der Waals surface area contributed by atoms with Crippen LogP contribution in [0.5, 0.6) is 11.5 Å². The van der Waals surface area contributed by atoms with Crippen molar-refractivity contribution in [3.8, 4) is 11.5 Å². The van der Waals surface area contributed by atoms with Crippen molar-refractivity contribution in [3.05, 3.63) is 48.0 Å². The molecule has 1 amide bonds. The van der Waals surface area contributed by atoms with Crippen LogP contribution in [-0.2, 0) is 11.3 Å². The Labute approximate surface area is 201 Å². The highest BCUT2D eigenvalue weighted by Crippen LogP contribution is 2.30. The number of hydrogen-bond acceptors (Lipinski definition) is 4. The molecule has 7 nitrogen and oxygen atoms in total. The van der Waals surface area contributed by atoms with Crippen LogP contribution in [0.15, 0.2) is 47.5 Å². The number of nitrogens with one attached hydrogen (secondary N) is 2. The molecule has 31 heavy (non-hydrogen) atoms. The highest BCUT2D eigenvalue weighted by molar-refractivity contribution is 14.0. The summed E-state index contributed by atoms with van der Waals surface area (Å²) in [5.41, 5.74) is 2.92. The predicted octanol–water partition coefficient (Wildman–Crippen LogP) is 4.42. The van der Waals surface area contributed by atoms with Crippen molar-refractivity contribution in [2.45, 2.75) is 32.7 Å². The minimum atomic E-state index is 0. The highest BCUT2D eigenvalue weighted by Gasteiger charge is 2.19. The SMILES string of the molecule is CCOc1ccc(NC(=NC)NCc2ccc(N3CCCCC3=O)cc2)cc1OC.I. The first kappa shape index (κ1) is 24.8. The Kier molecular flexibility index (Phi) is 9.90. The Hall–Kier alpha value is -2.49. The Morgan fingerprint density at radius 2 is 1.90 bits per heavy atom. The van der Waals surface area contributed by atoms with Crippen molar-refractivity contribution < 1.29 is 14.3 Å². The molecule has 0 spiro atoms. The maximum atomic E-state index is 12.1. The molecule has 3 rings (SSSR count). The molecule has 1 aliphatic rings. The number of methoxy groups -OCH3 is 1. The summed E-state index contributed by atoms with van der Waals surface area (Å²) in [7, 11) is 3.35. The van der Waals surface area contributed by atoms with Gasteiger partial charge in [0, 0.05) is 44.0 Å². The minimum absolute atomic E-state index is 0. The zero-order valence-electron chi connectivity index (χ0n) is 18.3. The quantitative estimate of drug-likeness (QED) is 0.310. The standard InChI is InChI=1S/C23H30N4O3.HI/c1-4-30-20-13-10-18(15-21(20)29-3)26-23(24-2)25-16-17-8-11-19(12-9-17)27-14-6-5-7-22(27)28;/h8-13,15H,4-7,14,16H2,1-3H3,(H2,24,25,26);1H. The predicted molar refractivity (Wildman–Crippen MR) is 136 cm³/mol. The molecule has 0 saturated carbocycles. The van der Waals surface area contributed by atoms with E-state index in [1.807, 2.05) is 54.3 Å². The summed E-state index contributed by atoms with van der Waals surface area (Å²) < 4.78 is 11.0. The molecular weight excluding hydrogens is 507 g/mol. The number of guanidine groups is 1. The van der Waals surface area contributed by atoms with Gasteiger partial charge < -0.3 is 25.0 Å². The zero-order valence-corrected chi connectivity index (χ0v) is 20.6. The van der Waals surface area contributed by atoms with Gasteiger partial charge in [0.1, 0.15) is 0 Å². The van der Waals surface area contributed by atoms with Gasteiger partial charge in [-0.1, -0.05) is 12.1 Å². The number of carbonyl (C=O) groups excluding carboxylic acids is 1. The molecule has 1 aliphatic heterocycles. The van der Waals surface area contributed by atoms with E-state index in [0.717, 1.165) is 36.3 Å². The molecule has 1 heterocycles. The van der Waals surface area contributed by atoms with Crippen molar-refractivity contribution >= 4 is 47.2 Å². The topological polar surface area (TPSA) is 75.2 Å². The minimum Gasteiger partial charge on any atom is -0.493 e. The molecule has 1 fully saturated rings. The van der Waals surface area contributed by atoms with Crippen LogP contribution in [0.1, 0.15) is 31.7 Å². The Balaban J connectivity index is 0.00000341. The average Bonchev–Trinajstić information content (AvgIpc) is 2.78. The lowest BCUT2D eigenvalue weighted by Gasteiger charge is -2.26. The molecule has 168 valence electrons. The van der Waals surface area contributed by atoms with Gasteiger partial charge in [0.15, 0.2) is 17.5 Å². The van der Waals surface area contributed by atoms with Crippen LogP contribution in [0.25, 0.3) is 0 Å². The highest BCUT2D eigenvalue weighted by atomic mass is 127. The summed E-state index contributed by atoms with van der Waals surface area (Å²) in [6.07, 6.45) is 2.69. The first-order valence-corrected chi connectivity index (χ1v) is 10.3. The fraction of sp³-hybridized carbons (Fsp3) is 0.391. The normalized spacial score (nSPS) is 14.0. The molecule has 0 aliphatic carbocycles. The van der Waals surface area contributed by atoms with E-state index in [1.165, 1.54) is 0 Å². The largest absolute Gasteiger partial charge is 0.493 e. The van der Waals surface area contributed by atoms with Gasteiger partial charge in [0.2, 0.25) is 5.91 Å². The van der Waals surface area contributed by atoms with E-state index >= 15 is 0 Å². The van der Waals surface area contributed by atoms with Crippen LogP contribution in [0.4, 0.5) is 11.4 Å². The molecule has 2 aromatic carbocycles. The second-order valence-corrected chi connectivity index (χ2v) is 7.02. The number of hydrogen-bond donors (Lipinski definition) is 2. The van der Waals surface area contributed by atoms with Crippen LogP contribution < -0.4 is 25.0 Å². The lowest BCUT2D eigenvalue weighted by Crippen LogP contribution is -2.35. The maximum Gasteiger partial charge on any atom is 0.226 e. The number of halogens is 1. The molecule has 0 bridgehead atoms. The molecule has 2 aromatic rings. The maximum absolute atomic E-state index is 12.1. The second-order valence-electron chi connectivity index (χ2n) is 7.02. The van der Waals surface area contributed by atoms with Crippen molar-refractivity contribution in [2.24, 2.45) is 4.99 Å². The molecule has 0 aromatic heterocycles. The lowest BCUT2D eigenvalue weighted by atomic mass is 10.1.